The molecule has 116 valence electrons. The van der Waals surface area contributed by atoms with E-state index in [1.54, 1.807) is 10.9 Å². The number of aryl methyl sites for hydroxylation is 1. The summed E-state index contributed by atoms with van der Waals surface area (Å²) in [5.74, 6) is -2.94. The third kappa shape index (κ3) is 2.73. The molecule has 0 bridgehead atoms. The second-order valence-electron chi connectivity index (χ2n) is 7.08. The highest BCUT2D eigenvalue weighted by Gasteiger charge is 2.56. The molecule has 1 aliphatic carbocycles. The number of alkyl halides is 2. The Morgan fingerprint density at radius 2 is 1.86 bits per heavy atom. The van der Waals surface area contributed by atoms with Crippen LogP contribution in [0.4, 0.5) is 8.78 Å². The van der Waals surface area contributed by atoms with E-state index in [2.05, 4.69) is 5.10 Å². The van der Waals surface area contributed by atoms with Crippen LogP contribution in [0.3, 0.4) is 0 Å². The second kappa shape index (κ2) is 4.52. The number of hydrogen-bond acceptors (Lipinski definition) is 3. The van der Waals surface area contributed by atoms with Crippen molar-refractivity contribution in [3.8, 4) is 0 Å². The van der Waals surface area contributed by atoms with Crippen molar-refractivity contribution in [1.29, 1.82) is 0 Å². The Labute approximate surface area is 123 Å². The van der Waals surface area contributed by atoms with Gasteiger partial charge in [0, 0.05) is 36.7 Å². The Balaban J connectivity index is 1.61. The minimum absolute atomic E-state index is 0.0123. The van der Waals surface area contributed by atoms with E-state index in [-0.39, 0.29) is 6.42 Å². The minimum Gasteiger partial charge on any atom is -0.399 e. The predicted octanol–water partition coefficient (Wildman–Crippen LogP) is 2.23. The summed E-state index contributed by atoms with van der Waals surface area (Å²) in [5, 5.41) is 4.22. The van der Waals surface area contributed by atoms with Gasteiger partial charge in [-0.25, -0.2) is 8.78 Å². The molecule has 0 N–H and O–H groups in total. The summed E-state index contributed by atoms with van der Waals surface area (Å²) < 4.78 is 39.3. The van der Waals surface area contributed by atoms with Gasteiger partial charge in [-0.05, 0) is 34.1 Å². The van der Waals surface area contributed by atoms with E-state index in [1.165, 1.54) is 0 Å². The van der Waals surface area contributed by atoms with Crippen molar-refractivity contribution in [2.24, 2.45) is 5.92 Å². The minimum atomic E-state index is -2.46. The summed E-state index contributed by atoms with van der Waals surface area (Å²) in [6.45, 7) is 8.47. The molecule has 0 aromatic carbocycles. The van der Waals surface area contributed by atoms with Gasteiger partial charge >= 0.3 is 7.12 Å². The van der Waals surface area contributed by atoms with Gasteiger partial charge in [0.1, 0.15) is 0 Å². The van der Waals surface area contributed by atoms with Gasteiger partial charge < -0.3 is 9.31 Å². The molecular weight excluding hydrogens is 277 g/mol. The van der Waals surface area contributed by atoms with Gasteiger partial charge in [0.25, 0.3) is 5.92 Å². The van der Waals surface area contributed by atoms with Crippen LogP contribution in [0.15, 0.2) is 12.4 Å². The summed E-state index contributed by atoms with van der Waals surface area (Å²) >= 11 is 0. The van der Waals surface area contributed by atoms with E-state index in [0.717, 1.165) is 5.46 Å². The van der Waals surface area contributed by atoms with E-state index < -0.39 is 30.2 Å². The summed E-state index contributed by atoms with van der Waals surface area (Å²) in [7, 11) is -0.453. The maximum atomic E-state index is 12.9. The van der Waals surface area contributed by atoms with Crippen LogP contribution in [0.25, 0.3) is 0 Å². The lowest BCUT2D eigenvalue weighted by Crippen LogP contribution is -2.41. The largest absolute Gasteiger partial charge is 0.498 e. The molecule has 1 atom stereocenters. The first-order chi connectivity index (χ1) is 9.61. The SMILES string of the molecule is CC1(C)OB(c2cnn(CCC3CC3(F)F)c2)OC1(C)C. The lowest BCUT2D eigenvalue weighted by Gasteiger charge is -2.32. The second-order valence-corrected chi connectivity index (χ2v) is 7.08. The number of rotatable bonds is 4. The van der Waals surface area contributed by atoms with Crippen LogP contribution in [-0.4, -0.2) is 34.0 Å². The van der Waals surface area contributed by atoms with Crippen LogP contribution in [-0.2, 0) is 15.9 Å². The predicted molar refractivity (Wildman–Crippen MR) is 75.6 cm³/mol. The van der Waals surface area contributed by atoms with Gasteiger partial charge in [-0.1, -0.05) is 0 Å². The quantitative estimate of drug-likeness (QED) is 0.800. The fraction of sp³-hybridized carbons (Fsp3) is 0.786. The third-order valence-electron chi connectivity index (χ3n) is 4.84. The van der Waals surface area contributed by atoms with Crippen molar-refractivity contribution in [2.75, 3.05) is 0 Å². The van der Waals surface area contributed by atoms with E-state index in [1.807, 2.05) is 33.9 Å². The maximum absolute atomic E-state index is 12.9. The Morgan fingerprint density at radius 1 is 1.29 bits per heavy atom. The highest BCUT2D eigenvalue weighted by Crippen LogP contribution is 2.50. The summed E-state index contributed by atoms with van der Waals surface area (Å²) in [6, 6.07) is 0. The fourth-order valence-corrected chi connectivity index (χ4v) is 2.47. The van der Waals surface area contributed by atoms with Crippen LogP contribution in [0.1, 0.15) is 40.5 Å². The Morgan fingerprint density at radius 3 is 2.38 bits per heavy atom. The average Bonchev–Trinajstić information content (AvgIpc) is 2.73. The molecule has 1 aliphatic heterocycles. The smallest absolute Gasteiger partial charge is 0.399 e. The molecule has 2 fully saturated rings. The molecule has 2 heterocycles. The van der Waals surface area contributed by atoms with Crippen LogP contribution < -0.4 is 5.46 Å². The van der Waals surface area contributed by atoms with E-state index in [0.29, 0.717) is 13.0 Å². The monoisotopic (exact) mass is 298 g/mol. The first-order valence-corrected chi connectivity index (χ1v) is 7.36. The molecule has 1 aromatic heterocycles. The molecule has 3 rings (SSSR count). The molecular formula is C14H21BF2N2O2. The zero-order valence-corrected chi connectivity index (χ0v) is 12.9. The standard InChI is InChI=1S/C14H21BF2N2O2/c1-12(2)13(3,4)21-15(20-12)11-8-18-19(9-11)6-5-10-7-14(10,16)17/h8-10H,5-7H2,1-4H3. The number of nitrogens with zero attached hydrogens (tertiary/aromatic N) is 2. The van der Waals surface area contributed by atoms with Crippen LogP contribution in [0, 0.1) is 5.92 Å². The van der Waals surface area contributed by atoms with Gasteiger partial charge in [0.05, 0.1) is 11.2 Å². The first-order valence-electron chi connectivity index (χ1n) is 7.36. The van der Waals surface area contributed by atoms with Gasteiger partial charge in [-0.15, -0.1) is 0 Å². The van der Waals surface area contributed by atoms with Gasteiger partial charge in [0.15, 0.2) is 0 Å². The molecule has 21 heavy (non-hydrogen) atoms. The van der Waals surface area contributed by atoms with Crippen molar-refractivity contribution in [2.45, 2.75) is 64.2 Å². The summed E-state index contributed by atoms with van der Waals surface area (Å²) in [4.78, 5) is 0. The van der Waals surface area contributed by atoms with E-state index >= 15 is 0 Å². The van der Waals surface area contributed by atoms with E-state index in [9.17, 15) is 8.78 Å². The zero-order chi connectivity index (χ0) is 15.5. The molecule has 0 radical (unpaired) electrons. The molecule has 0 amide bonds. The molecule has 1 saturated carbocycles. The summed E-state index contributed by atoms with van der Waals surface area (Å²) in [5.41, 5.74) is 0.0438. The number of halogens is 2. The topological polar surface area (TPSA) is 36.3 Å². The number of hydrogen-bond donors (Lipinski definition) is 0. The lowest BCUT2D eigenvalue weighted by atomic mass is 9.82. The normalized spacial score (nSPS) is 28.9. The van der Waals surface area contributed by atoms with Crippen molar-refractivity contribution in [3.63, 3.8) is 0 Å². The fourth-order valence-electron chi connectivity index (χ4n) is 2.47. The van der Waals surface area contributed by atoms with Crippen molar-refractivity contribution in [1.82, 2.24) is 9.78 Å². The van der Waals surface area contributed by atoms with Crippen molar-refractivity contribution < 1.29 is 18.1 Å². The van der Waals surface area contributed by atoms with Gasteiger partial charge in [0.2, 0.25) is 0 Å². The zero-order valence-electron chi connectivity index (χ0n) is 12.9. The van der Waals surface area contributed by atoms with Gasteiger partial charge in [-0.3, -0.25) is 4.68 Å². The Kier molecular flexibility index (Phi) is 3.22. The molecule has 0 spiro atoms. The average molecular weight is 298 g/mol. The van der Waals surface area contributed by atoms with Crippen LogP contribution in [0.5, 0.6) is 0 Å². The van der Waals surface area contributed by atoms with Crippen molar-refractivity contribution in [3.05, 3.63) is 12.4 Å². The number of aromatic nitrogens is 2. The van der Waals surface area contributed by atoms with Crippen molar-refractivity contribution >= 4 is 12.6 Å². The Bertz CT molecular complexity index is 529. The van der Waals surface area contributed by atoms with Gasteiger partial charge in [-0.2, -0.15) is 5.10 Å². The molecule has 7 heteroatoms. The first kappa shape index (κ1) is 15.0. The highest BCUT2D eigenvalue weighted by molar-refractivity contribution is 6.61. The molecule has 1 saturated heterocycles. The summed E-state index contributed by atoms with van der Waals surface area (Å²) in [6.07, 6.45) is 3.98. The molecule has 1 aromatic rings. The Hall–Kier alpha value is -0.945. The molecule has 4 nitrogen and oxygen atoms in total. The maximum Gasteiger partial charge on any atom is 0.498 e. The molecule has 1 unspecified atom stereocenters. The van der Waals surface area contributed by atoms with Crippen LogP contribution >= 0.6 is 0 Å². The van der Waals surface area contributed by atoms with Crippen LogP contribution in [0.2, 0.25) is 0 Å². The highest BCUT2D eigenvalue weighted by atomic mass is 19.3. The third-order valence-corrected chi connectivity index (χ3v) is 4.84. The van der Waals surface area contributed by atoms with E-state index in [4.69, 9.17) is 9.31 Å². The molecule has 2 aliphatic rings. The lowest BCUT2D eigenvalue weighted by molar-refractivity contribution is 0.00578.